The summed E-state index contributed by atoms with van der Waals surface area (Å²) >= 11 is 1.73. The van der Waals surface area contributed by atoms with Crippen LogP contribution in [0.25, 0.3) is 0 Å². The van der Waals surface area contributed by atoms with Crippen LogP contribution < -0.4 is 5.32 Å². The number of aromatic nitrogens is 1. The second-order valence-corrected chi connectivity index (χ2v) is 5.03. The zero-order valence-corrected chi connectivity index (χ0v) is 10.9. The Balaban J connectivity index is 2.08. The Morgan fingerprint density at radius 2 is 2.12 bits per heavy atom. The Labute approximate surface area is 107 Å². The van der Waals surface area contributed by atoms with E-state index in [2.05, 4.69) is 47.6 Å². The Morgan fingerprint density at radius 1 is 1.29 bits per heavy atom. The molecule has 0 aliphatic rings. The van der Waals surface area contributed by atoms with Gasteiger partial charge in [-0.15, -0.1) is 11.3 Å². The molecule has 1 unspecified atom stereocenters. The minimum atomic E-state index is 0.377. The van der Waals surface area contributed by atoms with Crippen LogP contribution in [0.3, 0.4) is 0 Å². The molecule has 2 aromatic rings. The Bertz CT molecular complexity index is 411. The van der Waals surface area contributed by atoms with Crippen LogP contribution in [-0.4, -0.2) is 11.5 Å². The summed E-state index contributed by atoms with van der Waals surface area (Å²) in [6.07, 6.45) is 4.00. The smallest absolute Gasteiger partial charge is 0.0943 e. The molecule has 2 rings (SSSR count). The van der Waals surface area contributed by atoms with Gasteiger partial charge in [0.15, 0.2) is 0 Å². The molecule has 0 radical (unpaired) electrons. The lowest BCUT2D eigenvalue weighted by Gasteiger charge is -2.17. The molecule has 2 nitrogen and oxygen atoms in total. The highest BCUT2D eigenvalue weighted by Crippen LogP contribution is 2.19. The zero-order valence-electron chi connectivity index (χ0n) is 10.1. The van der Waals surface area contributed by atoms with E-state index in [9.17, 15) is 0 Å². The predicted octanol–water partition coefficient (Wildman–Crippen LogP) is 3.43. The molecule has 90 valence electrons. The standard InChI is InChI=1S/C14H18N2S/c1-2-8-15-13(11-14-16-9-10-17-14)12-6-4-3-5-7-12/h3-7,9-10,13,15H,2,8,11H2,1H3. The maximum Gasteiger partial charge on any atom is 0.0943 e. The maximum absolute atomic E-state index is 4.37. The monoisotopic (exact) mass is 246 g/mol. The number of rotatable bonds is 6. The maximum atomic E-state index is 4.37. The second-order valence-electron chi connectivity index (χ2n) is 4.05. The van der Waals surface area contributed by atoms with E-state index in [0.29, 0.717) is 6.04 Å². The van der Waals surface area contributed by atoms with Crippen LogP contribution in [-0.2, 0) is 6.42 Å². The summed E-state index contributed by atoms with van der Waals surface area (Å²) < 4.78 is 0. The SMILES string of the molecule is CCCNC(Cc1nccs1)c1ccccc1. The minimum absolute atomic E-state index is 0.377. The molecular formula is C14H18N2S. The van der Waals surface area contributed by atoms with Crippen molar-refractivity contribution in [2.45, 2.75) is 25.8 Å². The normalized spacial score (nSPS) is 12.5. The molecule has 0 spiro atoms. The molecule has 1 aromatic carbocycles. The van der Waals surface area contributed by atoms with Gasteiger partial charge >= 0.3 is 0 Å². The molecule has 1 heterocycles. The first-order chi connectivity index (χ1) is 8.40. The van der Waals surface area contributed by atoms with Crippen LogP contribution in [0.4, 0.5) is 0 Å². The van der Waals surface area contributed by atoms with Crippen molar-refractivity contribution in [1.29, 1.82) is 0 Å². The van der Waals surface area contributed by atoms with Gasteiger partial charge in [-0.2, -0.15) is 0 Å². The van der Waals surface area contributed by atoms with Gasteiger partial charge in [-0.25, -0.2) is 4.98 Å². The van der Waals surface area contributed by atoms with E-state index in [1.54, 1.807) is 11.3 Å². The second kappa shape index (κ2) is 6.52. The number of hydrogen-bond donors (Lipinski definition) is 1. The molecule has 0 saturated heterocycles. The lowest BCUT2D eigenvalue weighted by molar-refractivity contribution is 0.528. The molecule has 0 bridgehead atoms. The molecule has 0 saturated carbocycles. The van der Waals surface area contributed by atoms with Gasteiger partial charge in [0.2, 0.25) is 0 Å². The summed E-state index contributed by atoms with van der Waals surface area (Å²) in [5, 5.41) is 6.83. The van der Waals surface area contributed by atoms with Crippen molar-refractivity contribution in [1.82, 2.24) is 10.3 Å². The molecule has 0 aliphatic heterocycles. The first-order valence-corrected chi connectivity index (χ1v) is 6.95. The molecule has 17 heavy (non-hydrogen) atoms. The van der Waals surface area contributed by atoms with Crippen LogP contribution in [0, 0.1) is 0 Å². The fourth-order valence-electron chi connectivity index (χ4n) is 1.84. The third-order valence-electron chi connectivity index (χ3n) is 2.70. The van der Waals surface area contributed by atoms with Crippen LogP contribution in [0.15, 0.2) is 41.9 Å². The quantitative estimate of drug-likeness (QED) is 0.844. The average Bonchev–Trinajstić information content (AvgIpc) is 2.88. The van der Waals surface area contributed by atoms with Crippen molar-refractivity contribution in [2.24, 2.45) is 0 Å². The first-order valence-electron chi connectivity index (χ1n) is 6.07. The Kier molecular flexibility index (Phi) is 4.71. The molecule has 1 atom stereocenters. The van der Waals surface area contributed by atoms with Gasteiger partial charge in [0.05, 0.1) is 5.01 Å². The average molecular weight is 246 g/mol. The Hall–Kier alpha value is -1.19. The number of hydrogen-bond acceptors (Lipinski definition) is 3. The fraction of sp³-hybridized carbons (Fsp3) is 0.357. The molecule has 0 fully saturated rings. The number of nitrogens with zero attached hydrogens (tertiary/aromatic N) is 1. The van der Waals surface area contributed by atoms with E-state index in [1.807, 2.05) is 11.6 Å². The third-order valence-corrected chi connectivity index (χ3v) is 3.51. The Morgan fingerprint density at radius 3 is 2.76 bits per heavy atom. The summed E-state index contributed by atoms with van der Waals surface area (Å²) in [5.41, 5.74) is 1.34. The molecular weight excluding hydrogens is 228 g/mol. The van der Waals surface area contributed by atoms with E-state index >= 15 is 0 Å². The highest BCUT2D eigenvalue weighted by molar-refractivity contribution is 7.09. The van der Waals surface area contributed by atoms with Crippen molar-refractivity contribution in [3.8, 4) is 0 Å². The number of nitrogens with one attached hydrogen (secondary N) is 1. The van der Waals surface area contributed by atoms with Crippen molar-refractivity contribution in [2.75, 3.05) is 6.54 Å². The van der Waals surface area contributed by atoms with Crippen LogP contribution in [0.2, 0.25) is 0 Å². The molecule has 1 N–H and O–H groups in total. The highest BCUT2D eigenvalue weighted by Gasteiger charge is 2.12. The predicted molar refractivity (Wildman–Crippen MR) is 73.3 cm³/mol. The number of benzene rings is 1. The lowest BCUT2D eigenvalue weighted by atomic mass is 10.0. The van der Waals surface area contributed by atoms with Gasteiger partial charge in [0.25, 0.3) is 0 Å². The zero-order chi connectivity index (χ0) is 11.9. The van der Waals surface area contributed by atoms with Gasteiger partial charge in [0.1, 0.15) is 0 Å². The topological polar surface area (TPSA) is 24.9 Å². The third kappa shape index (κ3) is 3.65. The first kappa shape index (κ1) is 12.3. The summed E-state index contributed by atoms with van der Waals surface area (Å²) in [4.78, 5) is 4.37. The van der Waals surface area contributed by atoms with Crippen LogP contribution >= 0.6 is 11.3 Å². The number of thiazole rings is 1. The molecule has 1 aromatic heterocycles. The van der Waals surface area contributed by atoms with Gasteiger partial charge < -0.3 is 5.32 Å². The van der Waals surface area contributed by atoms with Gasteiger partial charge in [0, 0.05) is 24.0 Å². The van der Waals surface area contributed by atoms with Crippen molar-refractivity contribution < 1.29 is 0 Å². The molecule has 0 amide bonds. The van der Waals surface area contributed by atoms with Crippen molar-refractivity contribution >= 4 is 11.3 Å². The molecule has 3 heteroatoms. The van der Waals surface area contributed by atoms with E-state index < -0.39 is 0 Å². The molecule has 0 aliphatic carbocycles. The van der Waals surface area contributed by atoms with Crippen molar-refractivity contribution in [3.63, 3.8) is 0 Å². The van der Waals surface area contributed by atoms with Gasteiger partial charge in [-0.1, -0.05) is 37.3 Å². The highest BCUT2D eigenvalue weighted by atomic mass is 32.1. The summed E-state index contributed by atoms with van der Waals surface area (Å²) in [5.74, 6) is 0. The summed E-state index contributed by atoms with van der Waals surface area (Å²) in [6.45, 7) is 3.24. The fourth-order valence-corrected chi connectivity index (χ4v) is 2.50. The van der Waals surface area contributed by atoms with E-state index in [4.69, 9.17) is 0 Å². The van der Waals surface area contributed by atoms with E-state index in [0.717, 1.165) is 19.4 Å². The summed E-state index contributed by atoms with van der Waals surface area (Å²) in [7, 11) is 0. The van der Waals surface area contributed by atoms with E-state index in [-0.39, 0.29) is 0 Å². The van der Waals surface area contributed by atoms with Gasteiger partial charge in [-0.3, -0.25) is 0 Å². The van der Waals surface area contributed by atoms with E-state index in [1.165, 1.54) is 10.6 Å². The summed E-state index contributed by atoms with van der Waals surface area (Å²) in [6, 6.07) is 11.0. The van der Waals surface area contributed by atoms with Crippen molar-refractivity contribution in [3.05, 3.63) is 52.5 Å². The van der Waals surface area contributed by atoms with Crippen LogP contribution in [0.5, 0.6) is 0 Å². The lowest BCUT2D eigenvalue weighted by Crippen LogP contribution is -2.24. The van der Waals surface area contributed by atoms with Crippen LogP contribution in [0.1, 0.15) is 30.0 Å². The van der Waals surface area contributed by atoms with Gasteiger partial charge in [-0.05, 0) is 18.5 Å². The largest absolute Gasteiger partial charge is 0.310 e. The minimum Gasteiger partial charge on any atom is -0.310 e.